The van der Waals surface area contributed by atoms with E-state index in [2.05, 4.69) is 10.00 Å². The molecule has 1 saturated heterocycles. The van der Waals surface area contributed by atoms with Gasteiger partial charge in [0.15, 0.2) is 0 Å². The van der Waals surface area contributed by atoms with Crippen molar-refractivity contribution in [3.63, 3.8) is 0 Å². The van der Waals surface area contributed by atoms with Gasteiger partial charge < -0.3 is 15.7 Å². The number of hydrogen-bond acceptors (Lipinski definition) is 4. The van der Waals surface area contributed by atoms with Crippen molar-refractivity contribution in [2.45, 2.75) is 12.8 Å². The molecule has 0 spiro atoms. The Hall–Kier alpha value is -2.17. The third-order valence-corrected chi connectivity index (χ3v) is 3.64. The van der Waals surface area contributed by atoms with Crippen LogP contribution < -0.4 is 10.6 Å². The zero-order chi connectivity index (χ0) is 13.4. The standard InChI is InChI=1S/C14H18N4O/c1-17-14(15)9-12(16-17)11-8-10(4-5-13(11)19)18-6-2-3-7-18/h4-5,8-9,19H,2-3,6-7,15H2,1H3. The minimum atomic E-state index is 0.237. The van der Waals surface area contributed by atoms with Crippen molar-refractivity contribution >= 4 is 11.5 Å². The van der Waals surface area contributed by atoms with Crippen LogP contribution in [0.4, 0.5) is 11.5 Å². The van der Waals surface area contributed by atoms with E-state index in [1.54, 1.807) is 23.9 Å². The molecule has 3 rings (SSSR count). The molecule has 100 valence electrons. The molecule has 1 aromatic carbocycles. The molecule has 5 heteroatoms. The second kappa shape index (κ2) is 4.50. The largest absolute Gasteiger partial charge is 0.507 e. The first-order chi connectivity index (χ1) is 9.15. The molecule has 5 nitrogen and oxygen atoms in total. The zero-order valence-corrected chi connectivity index (χ0v) is 11.0. The summed E-state index contributed by atoms with van der Waals surface area (Å²) in [6.45, 7) is 2.16. The maximum absolute atomic E-state index is 10.0. The molecule has 0 amide bonds. The third kappa shape index (κ3) is 2.12. The van der Waals surface area contributed by atoms with Crippen LogP contribution in [0, 0.1) is 0 Å². The van der Waals surface area contributed by atoms with Gasteiger partial charge in [0, 0.05) is 37.5 Å². The van der Waals surface area contributed by atoms with Gasteiger partial charge in [-0.25, -0.2) is 0 Å². The predicted octanol–water partition coefficient (Wildman–Crippen LogP) is 1.98. The van der Waals surface area contributed by atoms with Gasteiger partial charge in [0.2, 0.25) is 0 Å². The van der Waals surface area contributed by atoms with Crippen LogP contribution in [0.1, 0.15) is 12.8 Å². The Morgan fingerprint density at radius 1 is 1.21 bits per heavy atom. The lowest BCUT2D eigenvalue weighted by molar-refractivity contribution is 0.477. The predicted molar refractivity (Wildman–Crippen MR) is 76.2 cm³/mol. The highest BCUT2D eigenvalue weighted by Gasteiger charge is 2.16. The molecule has 1 aliphatic heterocycles. The van der Waals surface area contributed by atoms with E-state index in [1.165, 1.54) is 12.8 Å². The van der Waals surface area contributed by atoms with Crippen molar-refractivity contribution in [2.75, 3.05) is 23.7 Å². The molecule has 0 aliphatic carbocycles. The lowest BCUT2D eigenvalue weighted by Gasteiger charge is -2.18. The molecule has 3 N–H and O–H groups in total. The third-order valence-electron chi connectivity index (χ3n) is 3.64. The van der Waals surface area contributed by atoms with Crippen molar-refractivity contribution < 1.29 is 5.11 Å². The summed E-state index contributed by atoms with van der Waals surface area (Å²) in [5.74, 6) is 0.821. The van der Waals surface area contributed by atoms with Crippen LogP contribution in [-0.4, -0.2) is 28.0 Å². The number of phenolic OH excluding ortho intramolecular Hbond substituents is 1. The summed E-state index contributed by atoms with van der Waals surface area (Å²) in [4.78, 5) is 2.33. The van der Waals surface area contributed by atoms with Gasteiger partial charge in [0.1, 0.15) is 11.6 Å². The zero-order valence-electron chi connectivity index (χ0n) is 11.0. The molecule has 0 bridgehead atoms. The molecule has 1 aromatic heterocycles. The quantitative estimate of drug-likeness (QED) is 0.864. The Morgan fingerprint density at radius 2 is 1.95 bits per heavy atom. The average molecular weight is 258 g/mol. The number of nitrogens with two attached hydrogens (primary N) is 1. The topological polar surface area (TPSA) is 67.3 Å². The van der Waals surface area contributed by atoms with E-state index in [-0.39, 0.29) is 5.75 Å². The van der Waals surface area contributed by atoms with Crippen molar-refractivity contribution in [2.24, 2.45) is 7.05 Å². The first-order valence-electron chi connectivity index (χ1n) is 6.53. The molecule has 1 fully saturated rings. The fourth-order valence-electron chi connectivity index (χ4n) is 2.51. The summed E-state index contributed by atoms with van der Waals surface area (Å²) in [5, 5.41) is 14.3. The second-order valence-corrected chi connectivity index (χ2v) is 4.97. The van der Waals surface area contributed by atoms with Crippen LogP contribution in [0.3, 0.4) is 0 Å². The van der Waals surface area contributed by atoms with Gasteiger partial charge in [0.25, 0.3) is 0 Å². The molecule has 0 saturated carbocycles. The van der Waals surface area contributed by atoms with Gasteiger partial charge in [0.05, 0.1) is 5.69 Å². The fourth-order valence-corrected chi connectivity index (χ4v) is 2.51. The van der Waals surface area contributed by atoms with Crippen molar-refractivity contribution in [1.82, 2.24) is 9.78 Å². The van der Waals surface area contributed by atoms with Crippen LogP contribution in [-0.2, 0) is 7.05 Å². The summed E-state index contributed by atoms with van der Waals surface area (Å²) in [7, 11) is 1.79. The van der Waals surface area contributed by atoms with Gasteiger partial charge in [-0.15, -0.1) is 0 Å². The summed E-state index contributed by atoms with van der Waals surface area (Å²) in [6.07, 6.45) is 2.46. The number of aromatic hydroxyl groups is 1. The molecule has 1 aliphatic rings. The monoisotopic (exact) mass is 258 g/mol. The van der Waals surface area contributed by atoms with Gasteiger partial charge in [-0.2, -0.15) is 5.10 Å². The SMILES string of the molecule is Cn1nc(-c2cc(N3CCCC3)ccc2O)cc1N. The van der Waals surface area contributed by atoms with E-state index < -0.39 is 0 Å². The minimum Gasteiger partial charge on any atom is -0.507 e. The Kier molecular flexibility index (Phi) is 2.81. The highest BCUT2D eigenvalue weighted by molar-refractivity contribution is 5.73. The first-order valence-corrected chi connectivity index (χ1v) is 6.53. The van der Waals surface area contributed by atoms with E-state index >= 15 is 0 Å². The molecule has 0 atom stereocenters. The second-order valence-electron chi connectivity index (χ2n) is 4.97. The molecule has 2 heterocycles. The molecular formula is C14H18N4O. The van der Waals surface area contributed by atoms with Crippen LogP contribution in [0.5, 0.6) is 5.75 Å². The molecular weight excluding hydrogens is 240 g/mol. The molecule has 2 aromatic rings. The van der Waals surface area contributed by atoms with Crippen molar-refractivity contribution in [3.8, 4) is 17.0 Å². The summed E-state index contributed by atoms with van der Waals surface area (Å²) in [5.41, 5.74) is 8.37. The molecule has 19 heavy (non-hydrogen) atoms. The molecule has 0 radical (unpaired) electrons. The average Bonchev–Trinajstić information content (AvgIpc) is 3.01. The minimum absolute atomic E-state index is 0.237. The summed E-state index contributed by atoms with van der Waals surface area (Å²) in [6, 6.07) is 7.45. The number of anilines is 2. The van der Waals surface area contributed by atoms with Crippen molar-refractivity contribution in [1.29, 1.82) is 0 Å². The van der Waals surface area contributed by atoms with E-state index in [0.29, 0.717) is 11.5 Å². The maximum atomic E-state index is 10.0. The number of rotatable bonds is 2. The van der Waals surface area contributed by atoms with Gasteiger partial charge in [-0.1, -0.05) is 0 Å². The van der Waals surface area contributed by atoms with Crippen LogP contribution >= 0.6 is 0 Å². The van der Waals surface area contributed by atoms with Gasteiger partial charge in [-0.05, 0) is 31.0 Å². The fraction of sp³-hybridized carbons (Fsp3) is 0.357. The number of nitrogens with zero attached hydrogens (tertiary/aromatic N) is 3. The van der Waals surface area contributed by atoms with E-state index in [4.69, 9.17) is 5.73 Å². The van der Waals surface area contributed by atoms with Crippen LogP contribution in [0.25, 0.3) is 11.3 Å². The Morgan fingerprint density at radius 3 is 2.58 bits per heavy atom. The Bertz CT molecular complexity index is 580. The number of aromatic nitrogens is 2. The normalized spacial score (nSPS) is 15.1. The first kappa shape index (κ1) is 11.9. The van der Waals surface area contributed by atoms with Gasteiger partial charge >= 0.3 is 0 Å². The van der Waals surface area contributed by atoms with E-state index in [0.717, 1.165) is 24.3 Å². The van der Waals surface area contributed by atoms with E-state index in [9.17, 15) is 5.11 Å². The summed E-state index contributed by atoms with van der Waals surface area (Å²) >= 11 is 0. The van der Waals surface area contributed by atoms with E-state index in [1.807, 2.05) is 12.1 Å². The van der Waals surface area contributed by atoms with Crippen LogP contribution in [0.2, 0.25) is 0 Å². The van der Waals surface area contributed by atoms with Crippen molar-refractivity contribution in [3.05, 3.63) is 24.3 Å². The number of nitrogen functional groups attached to an aromatic ring is 1. The molecule has 0 unspecified atom stereocenters. The smallest absolute Gasteiger partial charge is 0.125 e. The van der Waals surface area contributed by atoms with Gasteiger partial charge in [-0.3, -0.25) is 4.68 Å². The number of benzene rings is 1. The Balaban J connectivity index is 2.02. The number of hydrogen-bond donors (Lipinski definition) is 2. The van der Waals surface area contributed by atoms with Crippen LogP contribution in [0.15, 0.2) is 24.3 Å². The maximum Gasteiger partial charge on any atom is 0.125 e. The number of phenols is 1. The highest BCUT2D eigenvalue weighted by Crippen LogP contribution is 2.33. The summed E-state index contributed by atoms with van der Waals surface area (Å²) < 4.78 is 1.61. The number of aryl methyl sites for hydroxylation is 1. The Labute approximate surface area is 112 Å². The lowest BCUT2D eigenvalue weighted by atomic mass is 10.1. The lowest BCUT2D eigenvalue weighted by Crippen LogP contribution is -2.17. The highest BCUT2D eigenvalue weighted by atomic mass is 16.3.